The van der Waals surface area contributed by atoms with E-state index in [-0.39, 0.29) is 5.56 Å². The minimum Gasteiger partial charge on any atom is -0.496 e. The van der Waals surface area contributed by atoms with Crippen molar-refractivity contribution in [2.45, 2.75) is 0 Å². The lowest BCUT2D eigenvalue weighted by Gasteiger charge is -2.08. The molecule has 0 bridgehead atoms. The maximum Gasteiger partial charge on any atom is 0.282 e. The van der Waals surface area contributed by atoms with Crippen LogP contribution >= 0.6 is 0 Å². The molecule has 7 heteroatoms. The normalized spacial score (nSPS) is 11.6. The highest BCUT2D eigenvalue weighted by Crippen LogP contribution is 2.32. The number of ether oxygens (including phenoxy) is 1. The number of fused-ring (bicyclic) bond motifs is 2. The second-order valence-corrected chi connectivity index (χ2v) is 7.94. The van der Waals surface area contributed by atoms with Gasteiger partial charge in [-0.1, -0.05) is 36.4 Å². The van der Waals surface area contributed by atoms with Crippen LogP contribution in [-0.4, -0.2) is 27.6 Å². The van der Waals surface area contributed by atoms with Gasteiger partial charge in [0.25, 0.3) is 5.56 Å². The molecular weight excluding hydrogens is 440 g/mol. The summed E-state index contributed by atoms with van der Waals surface area (Å²) in [5.41, 5.74) is 2.72. The quantitative estimate of drug-likeness (QED) is 0.319. The van der Waals surface area contributed by atoms with Crippen molar-refractivity contribution in [1.82, 2.24) is 14.2 Å². The first-order chi connectivity index (χ1) is 17.2. The number of benzene rings is 3. The first kappa shape index (κ1) is 20.7. The topological polar surface area (TPSA) is 74.6 Å². The highest BCUT2D eigenvalue weighted by atomic mass is 16.5. The van der Waals surface area contributed by atoms with Crippen molar-refractivity contribution in [3.8, 4) is 23.0 Å². The van der Waals surface area contributed by atoms with Crippen LogP contribution in [0.25, 0.3) is 39.1 Å². The molecule has 0 N–H and O–H groups in total. The van der Waals surface area contributed by atoms with Crippen LogP contribution in [0.4, 0.5) is 0 Å². The minimum atomic E-state index is -0.285. The van der Waals surface area contributed by atoms with Crippen LogP contribution in [-0.2, 0) is 0 Å². The van der Waals surface area contributed by atoms with E-state index in [1.54, 1.807) is 25.5 Å². The molecule has 170 valence electrons. The summed E-state index contributed by atoms with van der Waals surface area (Å²) in [6, 6.07) is 28.4. The summed E-state index contributed by atoms with van der Waals surface area (Å²) in [6.07, 6.45) is 3.60. The lowest BCUT2D eigenvalue weighted by atomic mass is 10.2. The van der Waals surface area contributed by atoms with Crippen LogP contribution in [0, 0.1) is 0 Å². The molecule has 0 saturated carbocycles. The molecule has 0 spiro atoms. The van der Waals surface area contributed by atoms with E-state index in [1.807, 2.05) is 89.6 Å². The zero-order chi connectivity index (χ0) is 23.8. The number of furan rings is 1. The van der Waals surface area contributed by atoms with E-state index in [0.29, 0.717) is 33.8 Å². The van der Waals surface area contributed by atoms with Crippen molar-refractivity contribution in [1.29, 1.82) is 0 Å². The van der Waals surface area contributed by atoms with Gasteiger partial charge in [0.2, 0.25) is 5.82 Å². The van der Waals surface area contributed by atoms with E-state index < -0.39 is 0 Å². The molecule has 0 fully saturated rings. The van der Waals surface area contributed by atoms with Crippen molar-refractivity contribution in [2.75, 3.05) is 7.11 Å². The molecule has 6 rings (SSSR count). The minimum absolute atomic E-state index is 0.285. The van der Waals surface area contributed by atoms with Crippen LogP contribution in [0.2, 0.25) is 0 Å². The summed E-state index contributed by atoms with van der Waals surface area (Å²) < 4.78 is 14.8. The van der Waals surface area contributed by atoms with Gasteiger partial charge in [0.05, 0.1) is 35.3 Å². The lowest BCUT2D eigenvalue weighted by molar-refractivity contribution is 0.419. The fourth-order valence-corrected chi connectivity index (χ4v) is 4.15. The van der Waals surface area contributed by atoms with Crippen molar-refractivity contribution >= 4 is 28.1 Å². The summed E-state index contributed by atoms with van der Waals surface area (Å²) in [6.45, 7) is 0. The van der Waals surface area contributed by atoms with E-state index in [9.17, 15) is 4.79 Å². The SMILES string of the molecule is COc1cccc2oc(-c3nc4ccccc4c(=O)n3N=Cc3cccn3-c3ccccc3)cc12. The van der Waals surface area contributed by atoms with Crippen molar-refractivity contribution in [2.24, 2.45) is 5.10 Å². The third-order valence-corrected chi connectivity index (χ3v) is 5.84. The van der Waals surface area contributed by atoms with Gasteiger partial charge in [0, 0.05) is 11.9 Å². The number of nitrogens with zero attached hydrogens (tertiary/aromatic N) is 4. The Labute approximate surface area is 200 Å². The largest absolute Gasteiger partial charge is 0.496 e. The Morgan fingerprint density at radius 3 is 2.60 bits per heavy atom. The average Bonchev–Trinajstić information content (AvgIpc) is 3.55. The maximum atomic E-state index is 13.5. The molecule has 3 aromatic heterocycles. The van der Waals surface area contributed by atoms with Crippen molar-refractivity contribution in [3.63, 3.8) is 0 Å². The Bertz CT molecular complexity index is 1760. The highest BCUT2D eigenvalue weighted by molar-refractivity contribution is 5.88. The van der Waals surface area contributed by atoms with E-state index in [0.717, 1.165) is 16.8 Å². The summed E-state index contributed by atoms with van der Waals surface area (Å²) in [7, 11) is 1.61. The molecule has 0 aliphatic rings. The van der Waals surface area contributed by atoms with Crippen LogP contribution in [0.3, 0.4) is 0 Å². The number of para-hydroxylation sites is 2. The molecule has 3 heterocycles. The van der Waals surface area contributed by atoms with E-state index in [4.69, 9.17) is 14.1 Å². The zero-order valence-corrected chi connectivity index (χ0v) is 18.8. The summed E-state index contributed by atoms with van der Waals surface area (Å²) in [4.78, 5) is 18.3. The fourth-order valence-electron chi connectivity index (χ4n) is 4.15. The molecule has 7 nitrogen and oxygen atoms in total. The van der Waals surface area contributed by atoms with Crippen LogP contribution < -0.4 is 10.3 Å². The molecule has 0 saturated heterocycles. The molecular formula is C28H20N4O3. The standard InChI is InChI=1S/C28H20N4O3/c1-34-24-14-7-15-25-22(24)17-26(35-25)27-30-23-13-6-5-12-21(23)28(33)32(27)29-18-20-11-8-16-31(20)19-9-3-2-4-10-19/h2-18H,1H3. The highest BCUT2D eigenvalue weighted by Gasteiger charge is 2.18. The molecule has 0 atom stereocenters. The molecule has 0 radical (unpaired) electrons. The number of hydrogen-bond acceptors (Lipinski definition) is 5. The third-order valence-electron chi connectivity index (χ3n) is 5.84. The van der Waals surface area contributed by atoms with Crippen LogP contribution in [0.1, 0.15) is 5.69 Å². The van der Waals surface area contributed by atoms with Gasteiger partial charge < -0.3 is 13.7 Å². The predicted molar refractivity (Wildman–Crippen MR) is 137 cm³/mol. The van der Waals surface area contributed by atoms with Gasteiger partial charge in [-0.25, -0.2) is 4.98 Å². The molecule has 6 aromatic rings. The monoisotopic (exact) mass is 460 g/mol. The van der Waals surface area contributed by atoms with Gasteiger partial charge in [-0.05, 0) is 54.6 Å². The molecule has 0 unspecified atom stereocenters. The Morgan fingerprint density at radius 1 is 0.914 bits per heavy atom. The van der Waals surface area contributed by atoms with Gasteiger partial charge >= 0.3 is 0 Å². The van der Waals surface area contributed by atoms with Crippen LogP contribution in [0.15, 0.2) is 112 Å². The molecule has 0 amide bonds. The lowest BCUT2D eigenvalue weighted by Crippen LogP contribution is -2.20. The third kappa shape index (κ3) is 3.59. The second kappa shape index (κ2) is 8.46. The molecule has 35 heavy (non-hydrogen) atoms. The van der Waals surface area contributed by atoms with E-state index >= 15 is 0 Å². The Kier molecular flexibility index (Phi) is 5.00. The van der Waals surface area contributed by atoms with Gasteiger partial charge in [0.15, 0.2) is 5.76 Å². The number of aromatic nitrogens is 3. The van der Waals surface area contributed by atoms with Crippen molar-refractivity contribution < 1.29 is 9.15 Å². The van der Waals surface area contributed by atoms with E-state index in [1.165, 1.54) is 4.68 Å². The Hall–Kier alpha value is -4.91. The smallest absolute Gasteiger partial charge is 0.282 e. The van der Waals surface area contributed by atoms with Crippen LogP contribution in [0.5, 0.6) is 5.75 Å². The van der Waals surface area contributed by atoms with Crippen molar-refractivity contribution in [3.05, 3.63) is 113 Å². The molecule has 0 aliphatic carbocycles. The predicted octanol–water partition coefficient (Wildman–Crippen LogP) is 5.49. The first-order valence-electron chi connectivity index (χ1n) is 11.1. The fraction of sp³-hybridized carbons (Fsp3) is 0.0357. The number of rotatable bonds is 5. The second-order valence-electron chi connectivity index (χ2n) is 7.94. The Balaban J connectivity index is 1.54. The molecule has 0 aliphatic heterocycles. The van der Waals surface area contributed by atoms with Gasteiger partial charge in [-0.15, -0.1) is 0 Å². The van der Waals surface area contributed by atoms with Gasteiger partial charge in [-0.2, -0.15) is 9.78 Å². The number of hydrogen-bond donors (Lipinski definition) is 0. The maximum absolute atomic E-state index is 13.5. The number of methoxy groups -OCH3 is 1. The zero-order valence-electron chi connectivity index (χ0n) is 18.8. The summed E-state index contributed by atoms with van der Waals surface area (Å²) in [5, 5.41) is 5.84. The van der Waals surface area contributed by atoms with E-state index in [2.05, 4.69) is 5.10 Å². The first-order valence-corrected chi connectivity index (χ1v) is 11.1. The Morgan fingerprint density at radius 2 is 1.74 bits per heavy atom. The van der Waals surface area contributed by atoms with Gasteiger partial charge in [-0.3, -0.25) is 4.79 Å². The average molecular weight is 460 g/mol. The summed E-state index contributed by atoms with van der Waals surface area (Å²) in [5.74, 6) is 1.40. The van der Waals surface area contributed by atoms with Gasteiger partial charge in [0.1, 0.15) is 11.3 Å². The summed E-state index contributed by atoms with van der Waals surface area (Å²) >= 11 is 0. The molecule has 3 aromatic carbocycles.